The number of ether oxygens (including phenoxy) is 2. The molecule has 0 unspecified atom stereocenters. The lowest BCUT2D eigenvalue weighted by Crippen LogP contribution is -2.04. The summed E-state index contributed by atoms with van der Waals surface area (Å²) >= 11 is 4.78. The van der Waals surface area contributed by atoms with Crippen LogP contribution in [0.15, 0.2) is 21.2 Å². The molecule has 0 radical (unpaired) electrons. The summed E-state index contributed by atoms with van der Waals surface area (Å²) in [7, 11) is 0. The molecule has 0 fully saturated rings. The van der Waals surface area contributed by atoms with Crippen molar-refractivity contribution in [2.45, 2.75) is 24.9 Å². The number of rotatable bonds is 7. The van der Waals surface area contributed by atoms with Crippen LogP contribution in [-0.2, 0) is 20.6 Å². The third-order valence-electron chi connectivity index (χ3n) is 2.51. The van der Waals surface area contributed by atoms with Crippen molar-refractivity contribution < 1.29 is 28.1 Å². The van der Waals surface area contributed by atoms with Gasteiger partial charge in [-0.05, 0) is 20.1 Å². The summed E-state index contributed by atoms with van der Waals surface area (Å²) in [6.07, 6.45) is 1.95. The average Bonchev–Trinajstić information content (AvgIpc) is 3.25. The van der Waals surface area contributed by atoms with Crippen LogP contribution in [-0.4, -0.2) is 41.7 Å². The van der Waals surface area contributed by atoms with Crippen molar-refractivity contribution in [1.29, 1.82) is 0 Å². The third kappa shape index (κ3) is 7.30. The molecule has 8 nitrogen and oxygen atoms in total. The van der Waals surface area contributed by atoms with E-state index in [9.17, 15) is 9.59 Å². The molecule has 0 amide bonds. The predicted octanol–water partition coefficient (Wildman–Crippen LogP) is 3.46. The summed E-state index contributed by atoms with van der Waals surface area (Å²) < 4.78 is 19.1. The fourth-order valence-electron chi connectivity index (χ4n) is 1.50. The average molecular weight is 435 g/mol. The van der Waals surface area contributed by atoms with E-state index < -0.39 is 11.9 Å². The number of carbonyl (C=O) groups excluding carboxylic acids is 2. The van der Waals surface area contributed by atoms with Gasteiger partial charge in [0.15, 0.2) is 11.4 Å². The van der Waals surface area contributed by atoms with Crippen molar-refractivity contribution in [2.24, 2.45) is 0 Å². The van der Waals surface area contributed by atoms with Gasteiger partial charge in [0.1, 0.15) is 11.5 Å². The first-order valence-electron chi connectivity index (χ1n) is 7.35. The molecule has 0 saturated carbocycles. The third-order valence-corrected chi connectivity index (χ3v) is 3.63. The van der Waals surface area contributed by atoms with Gasteiger partial charge in [-0.15, -0.1) is 0 Å². The number of nitrogens with zero attached hydrogens (tertiary/aromatic N) is 2. The minimum absolute atomic E-state index is 0.214. The zero-order valence-electron chi connectivity index (χ0n) is 14.1. The molecular formula is C15H19BrN2O6S. The topological polar surface area (TPSA) is 105 Å². The summed E-state index contributed by atoms with van der Waals surface area (Å²) in [6, 6.07) is 3.15. The fraction of sp³-hybridized carbons (Fsp3) is 0.467. The Balaban J connectivity index is 0.000000251. The molecule has 2 aromatic rings. The molecule has 10 heteroatoms. The van der Waals surface area contributed by atoms with Crippen molar-refractivity contribution in [3.8, 4) is 0 Å². The number of thioether (sulfide) groups is 1. The number of aromatic nitrogens is 2. The SMILES string of the molecule is CCOC(=O)c1cc(CBr)on1.CCOC(=O)c1cc(CSC)on1. The second-order valence-electron chi connectivity index (χ2n) is 4.36. The molecule has 0 N–H and O–H groups in total. The molecule has 2 rings (SSSR count). The van der Waals surface area contributed by atoms with Crippen LogP contribution in [0.4, 0.5) is 0 Å². The van der Waals surface area contributed by atoms with Gasteiger partial charge < -0.3 is 18.5 Å². The fourth-order valence-corrected chi connectivity index (χ4v) is 2.19. The number of carbonyl (C=O) groups is 2. The summed E-state index contributed by atoms with van der Waals surface area (Å²) in [6.45, 7) is 4.18. The van der Waals surface area contributed by atoms with E-state index in [2.05, 4.69) is 26.2 Å². The highest BCUT2D eigenvalue weighted by Gasteiger charge is 2.13. The van der Waals surface area contributed by atoms with Crippen molar-refractivity contribution in [1.82, 2.24) is 10.3 Å². The predicted molar refractivity (Wildman–Crippen MR) is 94.8 cm³/mol. The highest BCUT2D eigenvalue weighted by atomic mass is 79.9. The number of hydrogen-bond donors (Lipinski definition) is 0. The van der Waals surface area contributed by atoms with Gasteiger partial charge >= 0.3 is 11.9 Å². The van der Waals surface area contributed by atoms with E-state index >= 15 is 0 Å². The largest absolute Gasteiger partial charge is 0.461 e. The Bertz CT molecular complexity index is 673. The van der Waals surface area contributed by atoms with Gasteiger partial charge in [-0.25, -0.2) is 9.59 Å². The highest BCUT2D eigenvalue weighted by Crippen LogP contribution is 2.11. The van der Waals surface area contributed by atoms with Crippen LogP contribution in [0.25, 0.3) is 0 Å². The van der Waals surface area contributed by atoms with E-state index in [0.717, 1.165) is 0 Å². The first-order chi connectivity index (χ1) is 12.0. The lowest BCUT2D eigenvalue weighted by atomic mass is 10.4. The Morgan fingerprint density at radius 3 is 1.92 bits per heavy atom. The molecule has 0 aliphatic rings. The van der Waals surface area contributed by atoms with Gasteiger partial charge in [0, 0.05) is 12.1 Å². The Labute approximate surface area is 157 Å². The quantitative estimate of drug-likeness (QED) is 0.478. The molecular weight excluding hydrogens is 416 g/mol. The Kier molecular flexibility index (Phi) is 9.93. The van der Waals surface area contributed by atoms with Gasteiger partial charge in [0.2, 0.25) is 0 Å². The second kappa shape index (κ2) is 11.7. The van der Waals surface area contributed by atoms with Crippen LogP contribution in [0.5, 0.6) is 0 Å². The molecule has 0 aromatic carbocycles. The second-order valence-corrected chi connectivity index (χ2v) is 5.79. The van der Waals surface area contributed by atoms with Crippen molar-refractivity contribution in [3.05, 3.63) is 35.0 Å². The maximum absolute atomic E-state index is 11.1. The molecule has 0 spiro atoms. The van der Waals surface area contributed by atoms with Gasteiger partial charge in [-0.2, -0.15) is 11.8 Å². The first-order valence-corrected chi connectivity index (χ1v) is 9.87. The van der Waals surface area contributed by atoms with Crippen molar-refractivity contribution in [2.75, 3.05) is 19.5 Å². The lowest BCUT2D eigenvalue weighted by Gasteiger charge is -1.94. The number of hydrogen-bond acceptors (Lipinski definition) is 9. The molecule has 0 aliphatic heterocycles. The zero-order valence-corrected chi connectivity index (χ0v) is 16.5. The van der Waals surface area contributed by atoms with E-state index in [1.807, 2.05) is 6.26 Å². The van der Waals surface area contributed by atoms with E-state index in [-0.39, 0.29) is 11.4 Å². The summed E-state index contributed by atoms with van der Waals surface area (Å²) in [5.74, 6) is 1.13. The standard InChI is InChI=1S/C8H11NO3S.C7H8BrNO3/c1-3-11-8(10)7-4-6(5-13-2)12-9-7;1-2-11-7(10)6-3-5(4-8)12-9-6/h4H,3,5H2,1-2H3;3H,2,4H2,1H3. The Morgan fingerprint density at radius 1 is 1.04 bits per heavy atom. The first kappa shape index (κ1) is 21.2. The van der Waals surface area contributed by atoms with Crippen molar-refractivity contribution >= 4 is 39.6 Å². The minimum atomic E-state index is -0.451. The number of esters is 2. The monoisotopic (exact) mass is 434 g/mol. The van der Waals surface area contributed by atoms with Crippen LogP contribution in [0.3, 0.4) is 0 Å². The van der Waals surface area contributed by atoms with E-state index in [1.165, 1.54) is 0 Å². The van der Waals surface area contributed by atoms with E-state index in [4.69, 9.17) is 18.5 Å². The van der Waals surface area contributed by atoms with Crippen LogP contribution in [0.1, 0.15) is 46.3 Å². The maximum atomic E-state index is 11.1. The number of alkyl halides is 1. The van der Waals surface area contributed by atoms with Crippen LogP contribution in [0.2, 0.25) is 0 Å². The molecule has 2 heterocycles. The molecule has 0 aliphatic carbocycles. The number of halogens is 1. The van der Waals surface area contributed by atoms with E-state index in [1.54, 1.807) is 37.7 Å². The summed E-state index contributed by atoms with van der Waals surface area (Å²) in [5.41, 5.74) is 0.456. The molecule has 0 bridgehead atoms. The Hall–Kier alpha value is -1.81. The maximum Gasteiger partial charge on any atom is 0.360 e. The van der Waals surface area contributed by atoms with Gasteiger partial charge in [-0.3, -0.25) is 0 Å². The molecule has 0 saturated heterocycles. The van der Waals surface area contributed by atoms with E-state index in [0.29, 0.717) is 35.8 Å². The minimum Gasteiger partial charge on any atom is -0.461 e. The highest BCUT2D eigenvalue weighted by molar-refractivity contribution is 9.08. The molecule has 2 aromatic heterocycles. The smallest absolute Gasteiger partial charge is 0.360 e. The zero-order chi connectivity index (χ0) is 18.7. The van der Waals surface area contributed by atoms with Crippen LogP contribution in [0, 0.1) is 0 Å². The molecule has 138 valence electrons. The molecule has 0 atom stereocenters. The summed E-state index contributed by atoms with van der Waals surface area (Å²) in [5, 5.41) is 7.66. The van der Waals surface area contributed by atoms with Gasteiger partial charge in [-0.1, -0.05) is 26.2 Å². The van der Waals surface area contributed by atoms with Crippen LogP contribution < -0.4 is 0 Å². The normalized spacial score (nSPS) is 9.92. The Morgan fingerprint density at radius 2 is 1.52 bits per heavy atom. The summed E-state index contributed by atoms with van der Waals surface area (Å²) in [4.78, 5) is 22.1. The van der Waals surface area contributed by atoms with Crippen molar-refractivity contribution in [3.63, 3.8) is 0 Å². The lowest BCUT2D eigenvalue weighted by molar-refractivity contribution is 0.0505. The van der Waals surface area contributed by atoms with Gasteiger partial charge in [0.05, 0.1) is 24.3 Å². The molecule has 25 heavy (non-hydrogen) atoms. The van der Waals surface area contributed by atoms with Crippen LogP contribution >= 0.6 is 27.7 Å². The van der Waals surface area contributed by atoms with Gasteiger partial charge in [0.25, 0.3) is 0 Å².